The summed E-state index contributed by atoms with van der Waals surface area (Å²) in [7, 11) is -3.63. The molecule has 1 rings (SSSR count). The van der Waals surface area contributed by atoms with Crippen LogP contribution in [0.15, 0.2) is 24.5 Å². The van der Waals surface area contributed by atoms with E-state index in [0.29, 0.717) is 5.56 Å². The maximum Gasteiger partial charge on any atom is 0.366 e. The molecule has 96 valence electrons. The Hall–Kier alpha value is -0.740. The topological polar surface area (TPSA) is 68.7 Å². The standard InChI is InChI=1S/C11H18NO4P/c1-4-15-17(14,16-5-2)11(3,13)10-7-6-8-12-9-10/h6-9,13H,4-5H2,1-3H3. The van der Waals surface area contributed by atoms with Crippen LogP contribution in [0.2, 0.25) is 0 Å². The predicted octanol–water partition coefficient (Wildman–Crippen LogP) is 2.51. The van der Waals surface area contributed by atoms with Crippen molar-refractivity contribution >= 4 is 7.60 Å². The van der Waals surface area contributed by atoms with Gasteiger partial charge < -0.3 is 14.2 Å². The quantitative estimate of drug-likeness (QED) is 0.795. The lowest BCUT2D eigenvalue weighted by atomic mass is 10.2. The normalized spacial score (nSPS) is 15.5. The van der Waals surface area contributed by atoms with Gasteiger partial charge in [0.15, 0.2) is 5.34 Å². The van der Waals surface area contributed by atoms with E-state index in [1.165, 1.54) is 13.1 Å². The first-order valence-electron chi connectivity index (χ1n) is 5.50. The third-order valence-electron chi connectivity index (χ3n) is 2.34. The van der Waals surface area contributed by atoms with Gasteiger partial charge in [-0.3, -0.25) is 9.55 Å². The third-order valence-corrected chi connectivity index (χ3v) is 4.86. The van der Waals surface area contributed by atoms with Gasteiger partial charge in [0, 0.05) is 18.0 Å². The summed E-state index contributed by atoms with van der Waals surface area (Å²) in [4.78, 5) is 3.89. The van der Waals surface area contributed by atoms with Gasteiger partial charge in [-0.15, -0.1) is 0 Å². The van der Waals surface area contributed by atoms with Gasteiger partial charge >= 0.3 is 7.60 Å². The largest absolute Gasteiger partial charge is 0.373 e. The molecule has 0 spiro atoms. The highest BCUT2D eigenvalue weighted by Crippen LogP contribution is 2.63. The van der Waals surface area contributed by atoms with Crippen molar-refractivity contribution in [3.05, 3.63) is 30.1 Å². The zero-order valence-corrected chi connectivity index (χ0v) is 11.2. The molecule has 1 aromatic rings. The van der Waals surface area contributed by atoms with Crippen molar-refractivity contribution in [2.24, 2.45) is 0 Å². The first kappa shape index (κ1) is 14.3. The Kier molecular flexibility index (Phi) is 4.83. The van der Waals surface area contributed by atoms with Crippen LogP contribution in [-0.4, -0.2) is 23.3 Å². The van der Waals surface area contributed by atoms with Gasteiger partial charge in [-0.25, -0.2) is 0 Å². The minimum absolute atomic E-state index is 0.202. The molecule has 1 aromatic heterocycles. The highest BCUT2D eigenvalue weighted by molar-refractivity contribution is 7.54. The summed E-state index contributed by atoms with van der Waals surface area (Å²) in [6.45, 7) is 5.22. The summed E-state index contributed by atoms with van der Waals surface area (Å²) in [5.41, 5.74) is 0.408. The van der Waals surface area contributed by atoms with E-state index in [9.17, 15) is 9.67 Å². The monoisotopic (exact) mass is 259 g/mol. The van der Waals surface area contributed by atoms with Crippen LogP contribution in [-0.2, 0) is 19.0 Å². The summed E-state index contributed by atoms with van der Waals surface area (Å²) < 4.78 is 22.8. The Labute approximate surface area is 101 Å². The summed E-state index contributed by atoms with van der Waals surface area (Å²) in [5.74, 6) is 0. The Morgan fingerprint density at radius 3 is 2.41 bits per heavy atom. The molecule has 5 nitrogen and oxygen atoms in total. The molecule has 1 heterocycles. The Balaban J connectivity index is 3.13. The lowest BCUT2D eigenvalue weighted by Gasteiger charge is -2.31. The Bertz CT molecular complexity index is 384. The van der Waals surface area contributed by atoms with Crippen molar-refractivity contribution in [3.63, 3.8) is 0 Å². The molecule has 0 aliphatic heterocycles. The molecule has 0 aliphatic rings. The van der Waals surface area contributed by atoms with Gasteiger partial charge in [-0.2, -0.15) is 0 Å². The van der Waals surface area contributed by atoms with Gasteiger partial charge in [0.25, 0.3) is 0 Å². The molecule has 0 fully saturated rings. The second-order valence-electron chi connectivity index (χ2n) is 3.60. The number of hydrogen-bond donors (Lipinski definition) is 1. The van der Waals surface area contributed by atoms with Crippen LogP contribution in [0.25, 0.3) is 0 Å². The third kappa shape index (κ3) is 2.93. The van der Waals surface area contributed by atoms with Crippen LogP contribution in [0.5, 0.6) is 0 Å². The molecule has 17 heavy (non-hydrogen) atoms. The Morgan fingerprint density at radius 2 is 2.00 bits per heavy atom. The molecule has 0 aromatic carbocycles. The minimum Gasteiger partial charge on any atom is -0.373 e. The molecule has 0 bridgehead atoms. The smallest absolute Gasteiger partial charge is 0.366 e. The van der Waals surface area contributed by atoms with E-state index in [1.807, 2.05) is 0 Å². The number of nitrogens with zero attached hydrogens (tertiary/aromatic N) is 1. The maximum absolute atomic E-state index is 12.5. The lowest BCUT2D eigenvalue weighted by molar-refractivity contribution is 0.0799. The maximum atomic E-state index is 12.5. The number of pyridine rings is 1. The number of aliphatic hydroxyl groups is 1. The van der Waals surface area contributed by atoms with E-state index >= 15 is 0 Å². The van der Waals surface area contributed by atoms with Crippen LogP contribution in [0.4, 0.5) is 0 Å². The molecule has 1 N–H and O–H groups in total. The molecular formula is C11H18NO4P. The van der Waals surface area contributed by atoms with Gasteiger partial charge in [0.05, 0.1) is 13.2 Å². The van der Waals surface area contributed by atoms with E-state index < -0.39 is 12.9 Å². The SMILES string of the molecule is CCOP(=O)(OCC)C(C)(O)c1cccnc1. The Morgan fingerprint density at radius 1 is 1.41 bits per heavy atom. The van der Waals surface area contributed by atoms with Gasteiger partial charge in [-0.1, -0.05) is 6.07 Å². The molecule has 1 atom stereocenters. The molecule has 0 saturated carbocycles. The fraction of sp³-hybridized carbons (Fsp3) is 0.545. The number of aromatic nitrogens is 1. The van der Waals surface area contributed by atoms with Crippen molar-refractivity contribution in [1.82, 2.24) is 4.98 Å². The van der Waals surface area contributed by atoms with E-state index in [2.05, 4.69) is 4.98 Å². The van der Waals surface area contributed by atoms with E-state index in [4.69, 9.17) is 9.05 Å². The predicted molar refractivity (Wildman–Crippen MR) is 64.7 cm³/mol. The zero-order chi connectivity index (χ0) is 12.9. The lowest BCUT2D eigenvalue weighted by Crippen LogP contribution is -2.24. The van der Waals surface area contributed by atoms with Crippen LogP contribution in [0.1, 0.15) is 26.3 Å². The van der Waals surface area contributed by atoms with E-state index in [0.717, 1.165) is 0 Å². The molecule has 0 saturated heterocycles. The van der Waals surface area contributed by atoms with Crippen molar-refractivity contribution in [2.45, 2.75) is 26.1 Å². The molecule has 0 aliphatic carbocycles. The average molecular weight is 259 g/mol. The number of rotatable bonds is 6. The minimum atomic E-state index is -3.63. The van der Waals surface area contributed by atoms with Gasteiger partial charge in [0.1, 0.15) is 0 Å². The average Bonchev–Trinajstić information content (AvgIpc) is 2.30. The van der Waals surface area contributed by atoms with E-state index in [1.54, 1.807) is 32.2 Å². The highest BCUT2D eigenvalue weighted by Gasteiger charge is 2.47. The van der Waals surface area contributed by atoms with Crippen LogP contribution in [0.3, 0.4) is 0 Å². The fourth-order valence-electron chi connectivity index (χ4n) is 1.43. The summed E-state index contributed by atoms with van der Waals surface area (Å²) >= 11 is 0. The first-order valence-corrected chi connectivity index (χ1v) is 7.04. The first-order chi connectivity index (χ1) is 7.98. The van der Waals surface area contributed by atoms with Crippen molar-refractivity contribution in [3.8, 4) is 0 Å². The fourth-order valence-corrected chi connectivity index (χ4v) is 3.14. The highest BCUT2D eigenvalue weighted by atomic mass is 31.2. The van der Waals surface area contributed by atoms with Gasteiger partial charge in [-0.05, 0) is 26.8 Å². The molecule has 1 unspecified atom stereocenters. The zero-order valence-electron chi connectivity index (χ0n) is 10.3. The summed E-state index contributed by atoms with van der Waals surface area (Å²) in [6.07, 6.45) is 3.02. The summed E-state index contributed by atoms with van der Waals surface area (Å²) in [5, 5.41) is 8.71. The van der Waals surface area contributed by atoms with E-state index in [-0.39, 0.29) is 13.2 Å². The van der Waals surface area contributed by atoms with Gasteiger partial charge in [0.2, 0.25) is 0 Å². The molecule has 0 radical (unpaired) electrons. The van der Waals surface area contributed by atoms with Crippen LogP contribution >= 0.6 is 7.60 Å². The molecule has 0 amide bonds. The van der Waals surface area contributed by atoms with Crippen molar-refractivity contribution in [2.75, 3.05) is 13.2 Å². The van der Waals surface area contributed by atoms with Crippen molar-refractivity contribution in [1.29, 1.82) is 0 Å². The van der Waals surface area contributed by atoms with Crippen LogP contribution in [0, 0.1) is 0 Å². The second kappa shape index (κ2) is 5.74. The summed E-state index contributed by atoms with van der Waals surface area (Å²) in [6, 6.07) is 3.30. The number of hydrogen-bond acceptors (Lipinski definition) is 5. The van der Waals surface area contributed by atoms with Crippen molar-refractivity contribution < 1.29 is 18.7 Å². The van der Waals surface area contributed by atoms with Crippen LogP contribution < -0.4 is 0 Å². The molecule has 6 heteroatoms. The second-order valence-corrected chi connectivity index (χ2v) is 5.98. The molecular weight excluding hydrogens is 241 g/mol.